The number of nitrogens with zero attached hydrogens (tertiary/aromatic N) is 3. The number of nitro benzene ring substituents is 1. The predicted octanol–water partition coefficient (Wildman–Crippen LogP) is 4.28. The minimum Gasteiger partial charge on any atom is -0.345 e. The lowest BCUT2D eigenvalue weighted by Crippen LogP contribution is -2.17. The fourth-order valence-corrected chi connectivity index (χ4v) is 3.79. The van der Waals surface area contributed by atoms with E-state index in [9.17, 15) is 14.9 Å². The number of nitrogens with one attached hydrogen (secondary N) is 1. The van der Waals surface area contributed by atoms with Crippen LogP contribution in [0, 0.1) is 24.0 Å². The number of hydrogen-bond acceptors (Lipinski definition) is 4. The zero-order valence-electron chi connectivity index (χ0n) is 15.6. The lowest BCUT2D eigenvalue weighted by Gasteiger charge is -2.26. The molecule has 7 nitrogen and oxygen atoms in total. The topological polar surface area (TPSA) is 89.5 Å². The van der Waals surface area contributed by atoms with Crippen LogP contribution in [0.2, 0.25) is 0 Å². The summed E-state index contributed by atoms with van der Waals surface area (Å²) in [5, 5.41) is 14.7. The van der Waals surface area contributed by atoms with Crippen molar-refractivity contribution in [1.82, 2.24) is 9.99 Å². The SMILES string of the molecule is Cc1cc(/C=N/NC(=O)c2ccc([N+](=O)[O-])cc2)c(C)n1C1CCCCC1. The molecule has 1 aliphatic rings. The highest BCUT2D eigenvalue weighted by Crippen LogP contribution is 2.31. The second kappa shape index (κ2) is 8.16. The molecule has 0 radical (unpaired) electrons. The van der Waals surface area contributed by atoms with Gasteiger partial charge in [-0.2, -0.15) is 5.10 Å². The number of rotatable bonds is 5. The zero-order chi connectivity index (χ0) is 19.4. The summed E-state index contributed by atoms with van der Waals surface area (Å²) in [5.41, 5.74) is 6.12. The molecule has 1 N–H and O–H groups in total. The Hall–Kier alpha value is -2.96. The first kappa shape index (κ1) is 18.8. The van der Waals surface area contributed by atoms with E-state index in [1.165, 1.54) is 62.1 Å². The van der Waals surface area contributed by atoms with Crippen molar-refractivity contribution in [1.29, 1.82) is 0 Å². The quantitative estimate of drug-likeness (QED) is 0.485. The molecular formula is C20H24N4O3. The van der Waals surface area contributed by atoms with Crippen molar-refractivity contribution in [3.05, 3.63) is 63.0 Å². The van der Waals surface area contributed by atoms with E-state index in [0.717, 1.165) is 11.3 Å². The Bertz CT molecular complexity index is 862. The van der Waals surface area contributed by atoms with E-state index in [-0.39, 0.29) is 5.69 Å². The van der Waals surface area contributed by atoms with Crippen LogP contribution in [0.3, 0.4) is 0 Å². The third-order valence-electron chi connectivity index (χ3n) is 5.17. The summed E-state index contributed by atoms with van der Waals surface area (Å²) in [4.78, 5) is 22.3. The van der Waals surface area contributed by atoms with E-state index in [1.807, 2.05) is 0 Å². The van der Waals surface area contributed by atoms with Crippen LogP contribution in [-0.2, 0) is 0 Å². The maximum atomic E-state index is 12.1. The van der Waals surface area contributed by atoms with Gasteiger partial charge >= 0.3 is 0 Å². The van der Waals surface area contributed by atoms with Crippen molar-refractivity contribution in [3.8, 4) is 0 Å². The lowest BCUT2D eigenvalue weighted by atomic mass is 9.95. The second-order valence-electron chi connectivity index (χ2n) is 6.99. The largest absolute Gasteiger partial charge is 0.345 e. The summed E-state index contributed by atoms with van der Waals surface area (Å²) < 4.78 is 2.39. The van der Waals surface area contributed by atoms with Crippen LogP contribution in [0.15, 0.2) is 35.4 Å². The number of nitro groups is 1. The van der Waals surface area contributed by atoms with Crippen molar-refractivity contribution >= 4 is 17.8 Å². The molecule has 0 atom stereocenters. The first-order valence-electron chi connectivity index (χ1n) is 9.23. The molecule has 1 aromatic carbocycles. The minimum atomic E-state index is -0.498. The smallest absolute Gasteiger partial charge is 0.271 e. The Morgan fingerprint density at radius 3 is 2.52 bits per heavy atom. The zero-order valence-corrected chi connectivity index (χ0v) is 15.6. The Kier molecular flexibility index (Phi) is 5.69. The Morgan fingerprint density at radius 2 is 1.89 bits per heavy atom. The van der Waals surface area contributed by atoms with E-state index in [0.29, 0.717) is 11.6 Å². The molecule has 0 bridgehead atoms. The number of carbonyl (C=O) groups is 1. The second-order valence-corrected chi connectivity index (χ2v) is 6.99. The fourth-order valence-electron chi connectivity index (χ4n) is 3.79. The van der Waals surface area contributed by atoms with E-state index in [2.05, 4.69) is 35.0 Å². The fraction of sp³-hybridized carbons (Fsp3) is 0.400. The third-order valence-corrected chi connectivity index (χ3v) is 5.17. The van der Waals surface area contributed by atoms with Gasteiger partial charge in [0, 0.05) is 40.7 Å². The van der Waals surface area contributed by atoms with Crippen molar-refractivity contribution < 1.29 is 9.72 Å². The minimum absolute atomic E-state index is 0.0507. The highest BCUT2D eigenvalue weighted by atomic mass is 16.6. The molecule has 1 aliphatic carbocycles. The normalized spacial score (nSPS) is 15.2. The van der Waals surface area contributed by atoms with Gasteiger partial charge in [-0.15, -0.1) is 0 Å². The summed E-state index contributed by atoms with van der Waals surface area (Å²) in [6.45, 7) is 4.19. The van der Waals surface area contributed by atoms with Crippen LogP contribution in [0.1, 0.15) is 65.5 Å². The summed E-state index contributed by atoms with van der Waals surface area (Å²) >= 11 is 0. The Balaban J connectivity index is 1.67. The molecule has 0 saturated heterocycles. The maximum absolute atomic E-state index is 12.1. The Morgan fingerprint density at radius 1 is 1.22 bits per heavy atom. The molecule has 142 valence electrons. The molecule has 0 spiro atoms. The molecule has 2 aromatic rings. The van der Waals surface area contributed by atoms with Gasteiger partial charge in [0.05, 0.1) is 11.1 Å². The standard InChI is InChI=1S/C20H24N4O3/c1-14-12-17(15(2)23(14)18-6-4-3-5-7-18)13-21-22-20(25)16-8-10-19(11-9-16)24(26)27/h8-13,18H,3-7H2,1-2H3,(H,22,25)/b21-13+. The van der Waals surface area contributed by atoms with Crippen LogP contribution in [0.4, 0.5) is 5.69 Å². The lowest BCUT2D eigenvalue weighted by molar-refractivity contribution is -0.384. The van der Waals surface area contributed by atoms with Gasteiger partial charge < -0.3 is 4.57 Å². The van der Waals surface area contributed by atoms with Crippen molar-refractivity contribution in [2.24, 2.45) is 5.10 Å². The molecule has 1 amide bonds. The summed E-state index contributed by atoms with van der Waals surface area (Å²) in [6.07, 6.45) is 7.95. The van der Waals surface area contributed by atoms with Gasteiger partial charge in [0.25, 0.3) is 11.6 Å². The molecule has 0 aliphatic heterocycles. The summed E-state index contributed by atoms with van der Waals surface area (Å²) in [7, 11) is 0. The molecular weight excluding hydrogens is 344 g/mol. The van der Waals surface area contributed by atoms with E-state index >= 15 is 0 Å². The molecule has 1 fully saturated rings. The molecule has 3 rings (SSSR count). The number of aryl methyl sites for hydroxylation is 1. The van der Waals surface area contributed by atoms with E-state index in [4.69, 9.17) is 0 Å². The molecule has 1 aromatic heterocycles. The number of carbonyl (C=O) groups excluding carboxylic acids is 1. The van der Waals surface area contributed by atoms with Crippen LogP contribution in [-0.4, -0.2) is 21.6 Å². The number of amides is 1. The summed E-state index contributed by atoms with van der Waals surface area (Å²) in [6, 6.07) is 8.07. The Labute approximate surface area is 158 Å². The van der Waals surface area contributed by atoms with E-state index < -0.39 is 10.8 Å². The molecule has 7 heteroatoms. The van der Waals surface area contributed by atoms with Crippen molar-refractivity contribution in [2.75, 3.05) is 0 Å². The van der Waals surface area contributed by atoms with E-state index in [1.54, 1.807) is 6.21 Å². The number of hydrogen-bond donors (Lipinski definition) is 1. The average Bonchev–Trinajstić information content (AvgIpc) is 2.96. The predicted molar refractivity (Wildman–Crippen MR) is 104 cm³/mol. The van der Waals surface area contributed by atoms with Gasteiger partial charge in [0.2, 0.25) is 0 Å². The van der Waals surface area contributed by atoms with Crippen molar-refractivity contribution in [3.63, 3.8) is 0 Å². The van der Waals surface area contributed by atoms with Crippen LogP contribution in [0.25, 0.3) is 0 Å². The number of non-ortho nitro benzene ring substituents is 1. The maximum Gasteiger partial charge on any atom is 0.271 e. The van der Waals surface area contributed by atoms with Gasteiger partial charge in [-0.1, -0.05) is 19.3 Å². The first-order chi connectivity index (χ1) is 13.0. The highest BCUT2D eigenvalue weighted by molar-refractivity contribution is 5.95. The van der Waals surface area contributed by atoms with Gasteiger partial charge in [-0.25, -0.2) is 5.43 Å². The first-order valence-corrected chi connectivity index (χ1v) is 9.23. The third kappa shape index (κ3) is 4.24. The van der Waals surface area contributed by atoms with Crippen LogP contribution < -0.4 is 5.43 Å². The molecule has 1 saturated carbocycles. The summed E-state index contributed by atoms with van der Waals surface area (Å²) in [5.74, 6) is -0.401. The average molecular weight is 368 g/mol. The molecule has 1 heterocycles. The van der Waals surface area contributed by atoms with Gasteiger partial charge in [0.1, 0.15) is 0 Å². The monoisotopic (exact) mass is 368 g/mol. The van der Waals surface area contributed by atoms with Gasteiger partial charge in [-0.3, -0.25) is 14.9 Å². The molecule has 27 heavy (non-hydrogen) atoms. The number of aromatic nitrogens is 1. The van der Waals surface area contributed by atoms with Gasteiger partial charge in [-0.05, 0) is 44.9 Å². The van der Waals surface area contributed by atoms with Crippen LogP contribution >= 0.6 is 0 Å². The number of hydrazone groups is 1. The molecule has 0 unspecified atom stereocenters. The highest BCUT2D eigenvalue weighted by Gasteiger charge is 2.19. The van der Waals surface area contributed by atoms with Crippen LogP contribution in [0.5, 0.6) is 0 Å². The van der Waals surface area contributed by atoms with Crippen molar-refractivity contribution in [2.45, 2.75) is 52.0 Å². The number of benzene rings is 1. The van der Waals surface area contributed by atoms with Gasteiger partial charge in [0.15, 0.2) is 0 Å².